The third kappa shape index (κ3) is 3.06. The Bertz CT molecular complexity index is 465. The van der Waals surface area contributed by atoms with Crippen LogP contribution < -0.4 is 9.47 Å². The van der Waals surface area contributed by atoms with Crippen molar-refractivity contribution >= 4 is 0 Å². The normalized spacial score (nSPS) is 24.4. The van der Waals surface area contributed by atoms with Gasteiger partial charge in [-0.05, 0) is 31.0 Å². The van der Waals surface area contributed by atoms with Crippen molar-refractivity contribution in [2.75, 3.05) is 33.0 Å². The molecule has 2 unspecified atom stereocenters. The second-order valence-corrected chi connectivity index (χ2v) is 5.42. The first-order valence-electron chi connectivity index (χ1n) is 7.14. The first-order chi connectivity index (χ1) is 9.72. The van der Waals surface area contributed by atoms with Gasteiger partial charge in [-0.3, -0.25) is 4.90 Å². The highest BCUT2D eigenvalue weighted by atomic mass is 16.7. The summed E-state index contributed by atoms with van der Waals surface area (Å²) in [6.07, 6.45) is 0.717. The SMILES string of the molecule is CC1CN(CC(O)c2ccc3c(c2)OCO3)CCCO1. The van der Waals surface area contributed by atoms with Crippen LogP contribution in [0.2, 0.25) is 0 Å². The van der Waals surface area contributed by atoms with Gasteiger partial charge in [0.2, 0.25) is 6.79 Å². The molecular formula is C15H21NO4. The maximum Gasteiger partial charge on any atom is 0.231 e. The summed E-state index contributed by atoms with van der Waals surface area (Å²) in [5.74, 6) is 1.46. The highest BCUT2D eigenvalue weighted by Crippen LogP contribution is 2.34. The molecule has 0 aromatic heterocycles. The van der Waals surface area contributed by atoms with E-state index in [4.69, 9.17) is 14.2 Å². The molecule has 1 saturated heterocycles. The second-order valence-electron chi connectivity index (χ2n) is 5.42. The Morgan fingerprint density at radius 2 is 2.20 bits per heavy atom. The average Bonchev–Trinajstić information content (AvgIpc) is 2.81. The van der Waals surface area contributed by atoms with Crippen LogP contribution in [-0.4, -0.2) is 49.1 Å². The van der Waals surface area contributed by atoms with Crippen molar-refractivity contribution < 1.29 is 19.3 Å². The molecule has 2 aliphatic heterocycles. The van der Waals surface area contributed by atoms with Crippen molar-refractivity contribution in [2.45, 2.75) is 25.6 Å². The number of benzene rings is 1. The molecule has 1 aromatic rings. The van der Waals surface area contributed by atoms with Crippen molar-refractivity contribution in [3.63, 3.8) is 0 Å². The van der Waals surface area contributed by atoms with Gasteiger partial charge in [-0.1, -0.05) is 6.07 Å². The molecular weight excluding hydrogens is 258 g/mol. The molecule has 2 aliphatic rings. The first kappa shape index (κ1) is 13.7. The van der Waals surface area contributed by atoms with Crippen LogP contribution in [0.5, 0.6) is 11.5 Å². The van der Waals surface area contributed by atoms with Crippen molar-refractivity contribution in [3.05, 3.63) is 23.8 Å². The summed E-state index contributed by atoms with van der Waals surface area (Å²) in [6.45, 7) is 5.58. The maximum absolute atomic E-state index is 10.4. The quantitative estimate of drug-likeness (QED) is 0.910. The number of β-amino-alcohol motifs (C(OH)–C–C–N with tert-alkyl or cyclic N) is 1. The van der Waals surface area contributed by atoms with Crippen LogP contribution in [0.1, 0.15) is 25.0 Å². The van der Waals surface area contributed by atoms with Gasteiger partial charge < -0.3 is 19.3 Å². The summed E-state index contributed by atoms with van der Waals surface area (Å²) in [6, 6.07) is 5.62. The standard InChI is InChI=1S/C15H21NO4/c1-11-8-16(5-2-6-18-11)9-13(17)12-3-4-14-15(7-12)20-10-19-14/h3-4,7,11,13,17H,2,5-6,8-10H2,1H3. The van der Waals surface area contributed by atoms with E-state index in [0.29, 0.717) is 12.3 Å². The van der Waals surface area contributed by atoms with E-state index in [1.807, 2.05) is 18.2 Å². The van der Waals surface area contributed by atoms with Crippen LogP contribution >= 0.6 is 0 Å². The Kier molecular flexibility index (Phi) is 4.10. The minimum absolute atomic E-state index is 0.224. The summed E-state index contributed by atoms with van der Waals surface area (Å²) in [7, 11) is 0. The molecule has 20 heavy (non-hydrogen) atoms. The molecule has 1 fully saturated rings. The van der Waals surface area contributed by atoms with E-state index in [0.717, 1.165) is 37.4 Å². The molecule has 2 atom stereocenters. The number of hydrogen-bond acceptors (Lipinski definition) is 5. The fourth-order valence-corrected chi connectivity index (χ4v) is 2.72. The third-order valence-electron chi connectivity index (χ3n) is 3.75. The van der Waals surface area contributed by atoms with Crippen LogP contribution in [-0.2, 0) is 4.74 Å². The molecule has 0 amide bonds. The zero-order valence-corrected chi connectivity index (χ0v) is 11.7. The van der Waals surface area contributed by atoms with E-state index in [1.165, 1.54) is 0 Å². The molecule has 0 saturated carbocycles. The van der Waals surface area contributed by atoms with Gasteiger partial charge in [-0.15, -0.1) is 0 Å². The van der Waals surface area contributed by atoms with Crippen LogP contribution in [0.4, 0.5) is 0 Å². The van der Waals surface area contributed by atoms with Gasteiger partial charge in [-0.2, -0.15) is 0 Å². The number of fused-ring (bicyclic) bond motifs is 1. The fourth-order valence-electron chi connectivity index (χ4n) is 2.72. The molecule has 0 bridgehead atoms. The Morgan fingerprint density at radius 3 is 3.10 bits per heavy atom. The predicted octanol–water partition coefficient (Wildman–Crippen LogP) is 1.56. The predicted molar refractivity (Wildman–Crippen MR) is 74.0 cm³/mol. The number of hydrogen-bond donors (Lipinski definition) is 1. The van der Waals surface area contributed by atoms with Crippen LogP contribution in [0.25, 0.3) is 0 Å². The van der Waals surface area contributed by atoms with E-state index in [1.54, 1.807) is 0 Å². The minimum atomic E-state index is -0.519. The summed E-state index contributed by atoms with van der Waals surface area (Å²) < 4.78 is 16.3. The minimum Gasteiger partial charge on any atom is -0.454 e. The van der Waals surface area contributed by atoms with Gasteiger partial charge in [0.05, 0.1) is 12.2 Å². The molecule has 0 radical (unpaired) electrons. The zero-order valence-electron chi connectivity index (χ0n) is 11.7. The largest absolute Gasteiger partial charge is 0.454 e. The average molecular weight is 279 g/mol. The van der Waals surface area contributed by atoms with Gasteiger partial charge >= 0.3 is 0 Å². The summed E-state index contributed by atoms with van der Waals surface area (Å²) >= 11 is 0. The molecule has 1 aromatic carbocycles. The molecule has 110 valence electrons. The third-order valence-corrected chi connectivity index (χ3v) is 3.75. The second kappa shape index (κ2) is 5.99. The summed E-state index contributed by atoms with van der Waals surface area (Å²) in [4.78, 5) is 2.26. The topological polar surface area (TPSA) is 51.2 Å². The number of aliphatic hydroxyl groups excluding tert-OH is 1. The highest BCUT2D eigenvalue weighted by molar-refractivity contribution is 5.45. The lowest BCUT2D eigenvalue weighted by atomic mass is 10.1. The Balaban J connectivity index is 1.64. The van der Waals surface area contributed by atoms with Gasteiger partial charge in [0, 0.05) is 26.2 Å². The monoisotopic (exact) mass is 279 g/mol. The molecule has 3 rings (SSSR count). The summed E-state index contributed by atoms with van der Waals surface area (Å²) in [5.41, 5.74) is 0.868. The fraction of sp³-hybridized carbons (Fsp3) is 0.600. The zero-order chi connectivity index (χ0) is 13.9. The van der Waals surface area contributed by atoms with Crippen molar-refractivity contribution in [1.82, 2.24) is 4.90 Å². The van der Waals surface area contributed by atoms with Crippen LogP contribution in [0, 0.1) is 0 Å². The van der Waals surface area contributed by atoms with Crippen molar-refractivity contribution in [2.24, 2.45) is 0 Å². The Labute approximate surface area is 119 Å². The molecule has 0 spiro atoms. The smallest absolute Gasteiger partial charge is 0.231 e. The van der Waals surface area contributed by atoms with E-state index < -0.39 is 6.10 Å². The lowest BCUT2D eigenvalue weighted by Gasteiger charge is -2.24. The van der Waals surface area contributed by atoms with E-state index in [2.05, 4.69) is 11.8 Å². The van der Waals surface area contributed by atoms with Crippen LogP contribution in [0.3, 0.4) is 0 Å². The van der Waals surface area contributed by atoms with E-state index in [-0.39, 0.29) is 12.9 Å². The highest BCUT2D eigenvalue weighted by Gasteiger charge is 2.21. The van der Waals surface area contributed by atoms with Crippen molar-refractivity contribution in [1.29, 1.82) is 0 Å². The lowest BCUT2D eigenvalue weighted by Crippen LogP contribution is -2.33. The summed E-state index contributed by atoms with van der Waals surface area (Å²) in [5, 5.41) is 10.4. The number of nitrogens with zero attached hydrogens (tertiary/aromatic N) is 1. The van der Waals surface area contributed by atoms with E-state index in [9.17, 15) is 5.11 Å². The molecule has 5 heteroatoms. The van der Waals surface area contributed by atoms with Gasteiger partial charge in [-0.25, -0.2) is 0 Å². The number of aliphatic hydroxyl groups is 1. The molecule has 2 heterocycles. The van der Waals surface area contributed by atoms with Crippen LogP contribution in [0.15, 0.2) is 18.2 Å². The number of rotatable bonds is 3. The van der Waals surface area contributed by atoms with Crippen molar-refractivity contribution in [3.8, 4) is 11.5 Å². The van der Waals surface area contributed by atoms with Gasteiger partial charge in [0.1, 0.15) is 0 Å². The maximum atomic E-state index is 10.4. The Hall–Kier alpha value is -1.30. The van der Waals surface area contributed by atoms with E-state index >= 15 is 0 Å². The molecule has 1 N–H and O–H groups in total. The molecule has 0 aliphatic carbocycles. The van der Waals surface area contributed by atoms with Gasteiger partial charge in [0.15, 0.2) is 11.5 Å². The number of ether oxygens (including phenoxy) is 3. The Morgan fingerprint density at radius 1 is 1.35 bits per heavy atom. The van der Waals surface area contributed by atoms with Gasteiger partial charge in [0.25, 0.3) is 0 Å². The lowest BCUT2D eigenvalue weighted by molar-refractivity contribution is 0.0562. The first-order valence-corrected chi connectivity index (χ1v) is 7.14. The molecule has 5 nitrogen and oxygen atoms in total.